The molecule has 1 N–H and O–H groups in total. The number of ether oxygens (including phenoxy) is 2. The lowest BCUT2D eigenvalue weighted by molar-refractivity contribution is 0.00324. The highest BCUT2D eigenvalue weighted by Gasteiger charge is 2.22. The van der Waals surface area contributed by atoms with Gasteiger partial charge in [-0.05, 0) is 23.8 Å². The molecule has 1 aromatic heterocycles. The van der Waals surface area contributed by atoms with Gasteiger partial charge in [0.05, 0.1) is 31.6 Å². The summed E-state index contributed by atoms with van der Waals surface area (Å²) >= 11 is 6.01. The molecule has 3 aromatic rings. The highest BCUT2D eigenvalue weighted by atomic mass is 35.5. The summed E-state index contributed by atoms with van der Waals surface area (Å²) in [5, 5.41) is 4.21. The fourth-order valence-corrected chi connectivity index (χ4v) is 3.50. The number of rotatable bonds is 6. The predicted octanol–water partition coefficient (Wildman–Crippen LogP) is 3.90. The molecule has 0 fully saturated rings. The minimum absolute atomic E-state index is 0.0902. The van der Waals surface area contributed by atoms with Gasteiger partial charge in [0.1, 0.15) is 18.2 Å². The van der Waals surface area contributed by atoms with Crippen molar-refractivity contribution < 1.29 is 9.47 Å². The number of aromatic nitrogens is 2. The fraction of sp³-hybridized carbons (Fsp3) is 0.286. The van der Waals surface area contributed by atoms with E-state index in [9.17, 15) is 0 Å². The van der Waals surface area contributed by atoms with Crippen LogP contribution in [0.2, 0.25) is 5.02 Å². The standard InChI is InChI=1S/C21H22ClN3O2/c1-26-20-5-3-2-4-16(20)10-23-11-18-13-25-19(12-24-21(25)14-27-18)15-6-8-17(22)9-7-15/h2-9,12,18,23H,10-11,13-14H2,1H3/t18-/m0/s1. The van der Waals surface area contributed by atoms with Crippen LogP contribution >= 0.6 is 11.6 Å². The number of nitrogens with one attached hydrogen (secondary N) is 1. The van der Waals surface area contributed by atoms with Crippen molar-refractivity contribution in [2.24, 2.45) is 0 Å². The maximum absolute atomic E-state index is 6.01. The van der Waals surface area contributed by atoms with Gasteiger partial charge in [-0.2, -0.15) is 0 Å². The quantitative estimate of drug-likeness (QED) is 0.701. The number of halogens is 1. The van der Waals surface area contributed by atoms with E-state index in [2.05, 4.69) is 20.9 Å². The summed E-state index contributed by atoms with van der Waals surface area (Å²) in [5.74, 6) is 1.86. The second kappa shape index (κ2) is 8.13. The van der Waals surface area contributed by atoms with Gasteiger partial charge in [-0.15, -0.1) is 0 Å². The van der Waals surface area contributed by atoms with Gasteiger partial charge >= 0.3 is 0 Å². The lowest BCUT2D eigenvalue weighted by Crippen LogP contribution is -2.36. The second-order valence-electron chi connectivity index (χ2n) is 6.55. The number of benzene rings is 2. The molecule has 1 aliphatic rings. The molecule has 1 aliphatic heterocycles. The Hall–Kier alpha value is -2.34. The lowest BCUT2D eigenvalue weighted by atomic mass is 10.1. The summed E-state index contributed by atoms with van der Waals surface area (Å²) in [5.41, 5.74) is 3.35. The van der Waals surface area contributed by atoms with Gasteiger partial charge in [0, 0.05) is 23.7 Å². The van der Waals surface area contributed by atoms with E-state index in [1.54, 1.807) is 7.11 Å². The van der Waals surface area contributed by atoms with Crippen molar-refractivity contribution in [2.75, 3.05) is 13.7 Å². The van der Waals surface area contributed by atoms with Crippen LogP contribution in [0.4, 0.5) is 0 Å². The van der Waals surface area contributed by atoms with E-state index < -0.39 is 0 Å². The van der Waals surface area contributed by atoms with Crippen molar-refractivity contribution in [1.29, 1.82) is 0 Å². The van der Waals surface area contributed by atoms with Crippen LogP contribution in [0.3, 0.4) is 0 Å². The molecule has 140 valence electrons. The van der Waals surface area contributed by atoms with Crippen LogP contribution in [0.15, 0.2) is 54.7 Å². The van der Waals surface area contributed by atoms with Crippen molar-refractivity contribution in [2.45, 2.75) is 25.8 Å². The first-order valence-electron chi connectivity index (χ1n) is 8.99. The smallest absolute Gasteiger partial charge is 0.135 e. The molecule has 2 aromatic carbocycles. The van der Waals surface area contributed by atoms with Gasteiger partial charge in [-0.3, -0.25) is 0 Å². The van der Waals surface area contributed by atoms with Crippen LogP contribution < -0.4 is 10.1 Å². The monoisotopic (exact) mass is 383 g/mol. The van der Waals surface area contributed by atoms with E-state index in [1.807, 2.05) is 48.7 Å². The molecule has 0 spiro atoms. The van der Waals surface area contributed by atoms with Crippen LogP contribution in [-0.2, 0) is 24.4 Å². The first-order valence-corrected chi connectivity index (χ1v) is 9.37. The SMILES string of the molecule is COc1ccccc1CNC[C@H]1Cn2c(-c3ccc(Cl)cc3)cnc2CO1. The molecule has 5 nitrogen and oxygen atoms in total. The van der Waals surface area contributed by atoms with E-state index in [0.29, 0.717) is 6.61 Å². The fourth-order valence-electron chi connectivity index (χ4n) is 3.37. The first-order chi connectivity index (χ1) is 13.2. The average Bonchev–Trinajstić information content (AvgIpc) is 3.12. The molecule has 0 aliphatic carbocycles. The molecule has 0 saturated carbocycles. The number of para-hydroxylation sites is 1. The molecule has 2 heterocycles. The molecule has 0 bridgehead atoms. The van der Waals surface area contributed by atoms with E-state index >= 15 is 0 Å². The summed E-state index contributed by atoms with van der Waals surface area (Å²) in [7, 11) is 1.70. The highest BCUT2D eigenvalue weighted by molar-refractivity contribution is 6.30. The number of nitrogens with zero attached hydrogens (tertiary/aromatic N) is 2. The van der Waals surface area contributed by atoms with Gasteiger partial charge in [0.2, 0.25) is 0 Å². The van der Waals surface area contributed by atoms with Crippen LogP contribution in [-0.4, -0.2) is 29.3 Å². The molecule has 0 unspecified atom stereocenters. The normalized spacial score (nSPS) is 16.1. The van der Waals surface area contributed by atoms with Crippen LogP contribution in [0, 0.1) is 0 Å². The van der Waals surface area contributed by atoms with Crippen molar-refractivity contribution in [1.82, 2.24) is 14.9 Å². The minimum Gasteiger partial charge on any atom is -0.496 e. The Kier molecular flexibility index (Phi) is 5.43. The number of hydrogen-bond acceptors (Lipinski definition) is 4. The molecule has 6 heteroatoms. The number of imidazole rings is 1. The topological polar surface area (TPSA) is 48.3 Å². The zero-order valence-corrected chi connectivity index (χ0v) is 15.9. The van der Waals surface area contributed by atoms with Gasteiger partial charge in [0.25, 0.3) is 0 Å². The Morgan fingerprint density at radius 1 is 1.22 bits per heavy atom. The molecular formula is C21H22ClN3O2. The Bertz CT molecular complexity index is 908. The predicted molar refractivity (Wildman–Crippen MR) is 106 cm³/mol. The van der Waals surface area contributed by atoms with Crippen LogP contribution in [0.25, 0.3) is 11.3 Å². The zero-order valence-electron chi connectivity index (χ0n) is 15.2. The third-order valence-electron chi connectivity index (χ3n) is 4.79. The second-order valence-corrected chi connectivity index (χ2v) is 6.99. The molecular weight excluding hydrogens is 362 g/mol. The zero-order chi connectivity index (χ0) is 18.6. The summed E-state index contributed by atoms with van der Waals surface area (Å²) in [6.07, 6.45) is 2.00. The Morgan fingerprint density at radius 3 is 2.85 bits per heavy atom. The summed E-state index contributed by atoms with van der Waals surface area (Å²) in [6, 6.07) is 15.9. The maximum atomic E-state index is 6.01. The molecule has 27 heavy (non-hydrogen) atoms. The minimum atomic E-state index is 0.0902. The van der Waals surface area contributed by atoms with Crippen LogP contribution in [0.1, 0.15) is 11.4 Å². The van der Waals surface area contributed by atoms with Crippen molar-refractivity contribution in [3.8, 4) is 17.0 Å². The number of fused-ring (bicyclic) bond motifs is 1. The van der Waals surface area contributed by atoms with Gasteiger partial charge in [0.15, 0.2) is 0 Å². The summed E-state index contributed by atoms with van der Waals surface area (Å²) < 4.78 is 13.6. The van der Waals surface area contributed by atoms with Gasteiger partial charge < -0.3 is 19.4 Å². The van der Waals surface area contributed by atoms with Gasteiger partial charge in [-0.25, -0.2) is 4.98 Å². The summed E-state index contributed by atoms with van der Waals surface area (Å²) in [6.45, 7) is 2.79. The molecule has 0 amide bonds. The Labute approximate surface area is 163 Å². The van der Waals surface area contributed by atoms with E-state index in [1.165, 1.54) is 0 Å². The molecule has 0 saturated heterocycles. The van der Waals surface area contributed by atoms with E-state index in [4.69, 9.17) is 21.1 Å². The number of methoxy groups -OCH3 is 1. The average molecular weight is 384 g/mol. The van der Waals surface area contributed by atoms with Crippen LogP contribution in [0.5, 0.6) is 5.75 Å². The molecule has 1 atom stereocenters. The summed E-state index contributed by atoms with van der Waals surface area (Å²) in [4.78, 5) is 4.51. The first kappa shape index (κ1) is 18.0. The van der Waals surface area contributed by atoms with Gasteiger partial charge in [-0.1, -0.05) is 41.9 Å². The van der Waals surface area contributed by atoms with Crippen molar-refractivity contribution in [3.05, 3.63) is 71.1 Å². The molecule has 4 rings (SSSR count). The van der Waals surface area contributed by atoms with E-state index in [-0.39, 0.29) is 6.10 Å². The highest BCUT2D eigenvalue weighted by Crippen LogP contribution is 2.26. The number of hydrogen-bond donors (Lipinski definition) is 1. The lowest BCUT2D eigenvalue weighted by Gasteiger charge is -2.26. The van der Waals surface area contributed by atoms with Crippen molar-refractivity contribution >= 4 is 11.6 Å². The largest absolute Gasteiger partial charge is 0.496 e. The third kappa shape index (κ3) is 4.00. The Morgan fingerprint density at radius 2 is 2.04 bits per heavy atom. The third-order valence-corrected chi connectivity index (χ3v) is 5.04. The Balaban J connectivity index is 1.41. The molecule has 0 radical (unpaired) electrons. The maximum Gasteiger partial charge on any atom is 0.135 e. The van der Waals surface area contributed by atoms with Crippen molar-refractivity contribution in [3.63, 3.8) is 0 Å². The van der Waals surface area contributed by atoms with E-state index in [0.717, 1.165) is 53.1 Å².